The highest BCUT2D eigenvalue weighted by Gasteiger charge is 2.15. The molecule has 1 saturated heterocycles. The first-order valence-corrected chi connectivity index (χ1v) is 8.56. The smallest absolute Gasteiger partial charge is 0.0971 e. The zero-order chi connectivity index (χ0) is 15.4. The molecule has 0 aliphatic carbocycles. The Balaban J connectivity index is 0.00000192. The van der Waals surface area contributed by atoms with Crippen molar-refractivity contribution in [2.24, 2.45) is 5.92 Å². The summed E-state index contributed by atoms with van der Waals surface area (Å²) in [6.45, 7) is 4.28. The van der Waals surface area contributed by atoms with E-state index < -0.39 is 0 Å². The predicted octanol–water partition coefficient (Wildman–Crippen LogP) is 2.88. The molecule has 1 N–H and O–H groups in total. The maximum absolute atomic E-state index is 4.30. The highest BCUT2D eigenvalue weighted by atomic mass is 79.9. The average Bonchev–Trinajstić information content (AvgIpc) is 2.96. The van der Waals surface area contributed by atoms with Gasteiger partial charge in [-0.25, -0.2) is 4.68 Å². The van der Waals surface area contributed by atoms with Gasteiger partial charge in [-0.05, 0) is 57.1 Å². The van der Waals surface area contributed by atoms with Gasteiger partial charge < -0.3 is 10.2 Å². The molecule has 1 aromatic carbocycles. The lowest BCUT2D eigenvalue weighted by Crippen LogP contribution is -2.34. The van der Waals surface area contributed by atoms with Gasteiger partial charge in [0.05, 0.1) is 17.6 Å². The molecule has 0 radical (unpaired) electrons. The number of nitrogens with one attached hydrogen (secondary N) is 1. The first-order valence-electron chi connectivity index (χ1n) is 7.77. The Labute approximate surface area is 152 Å². The molecular formula is C16H23BrClN5. The van der Waals surface area contributed by atoms with E-state index in [1.54, 1.807) is 0 Å². The van der Waals surface area contributed by atoms with Crippen molar-refractivity contribution in [3.63, 3.8) is 0 Å². The molecule has 1 aliphatic heterocycles. The van der Waals surface area contributed by atoms with Crippen LogP contribution in [0.25, 0.3) is 5.69 Å². The summed E-state index contributed by atoms with van der Waals surface area (Å²) in [6.07, 6.45) is 4.56. The molecule has 0 unspecified atom stereocenters. The zero-order valence-corrected chi connectivity index (χ0v) is 15.7. The summed E-state index contributed by atoms with van der Waals surface area (Å²) >= 11 is 3.49. The summed E-state index contributed by atoms with van der Waals surface area (Å²) in [5, 5.41) is 12.0. The van der Waals surface area contributed by atoms with E-state index in [0.29, 0.717) is 0 Å². The normalized spacial score (nSPS) is 15.6. The Bertz CT molecular complexity index is 612. The molecule has 0 spiro atoms. The standard InChI is InChI=1S/C16H22BrN5.ClH/c1-21(10-13-5-7-18-8-6-13)11-15-12-22(20-19-15)16-4-2-3-14(17)9-16;/h2-4,9,12-13,18H,5-8,10-11H2,1H3;1H. The van der Waals surface area contributed by atoms with Gasteiger partial charge in [-0.15, -0.1) is 17.5 Å². The third-order valence-corrected chi connectivity index (χ3v) is 4.57. The van der Waals surface area contributed by atoms with E-state index >= 15 is 0 Å². The number of benzene rings is 1. The van der Waals surface area contributed by atoms with Crippen LogP contribution >= 0.6 is 28.3 Å². The van der Waals surface area contributed by atoms with E-state index in [-0.39, 0.29) is 12.4 Å². The van der Waals surface area contributed by atoms with Crippen molar-refractivity contribution in [1.29, 1.82) is 0 Å². The maximum Gasteiger partial charge on any atom is 0.0971 e. The van der Waals surface area contributed by atoms with Gasteiger partial charge in [-0.2, -0.15) is 0 Å². The monoisotopic (exact) mass is 399 g/mol. The first-order chi connectivity index (χ1) is 10.7. The molecule has 23 heavy (non-hydrogen) atoms. The number of rotatable bonds is 5. The van der Waals surface area contributed by atoms with Crippen molar-refractivity contribution >= 4 is 28.3 Å². The molecule has 1 fully saturated rings. The average molecular weight is 401 g/mol. The quantitative estimate of drug-likeness (QED) is 0.838. The van der Waals surface area contributed by atoms with Crippen molar-refractivity contribution in [2.45, 2.75) is 19.4 Å². The van der Waals surface area contributed by atoms with Gasteiger partial charge in [-0.3, -0.25) is 0 Å². The Kier molecular flexibility index (Phi) is 7.02. The minimum Gasteiger partial charge on any atom is -0.317 e. The number of halogens is 2. The minimum atomic E-state index is 0. The highest BCUT2D eigenvalue weighted by Crippen LogP contribution is 2.16. The van der Waals surface area contributed by atoms with Gasteiger partial charge >= 0.3 is 0 Å². The fraction of sp³-hybridized carbons (Fsp3) is 0.500. The lowest BCUT2D eigenvalue weighted by atomic mass is 9.98. The second-order valence-electron chi connectivity index (χ2n) is 6.02. The molecule has 1 aromatic heterocycles. The molecule has 0 saturated carbocycles. The fourth-order valence-corrected chi connectivity index (χ4v) is 3.35. The summed E-state index contributed by atoms with van der Waals surface area (Å²) in [5.74, 6) is 0.798. The Morgan fingerprint density at radius 2 is 2.13 bits per heavy atom. The summed E-state index contributed by atoms with van der Waals surface area (Å²) in [6, 6.07) is 8.08. The molecule has 126 valence electrons. The second kappa shape index (κ2) is 8.78. The van der Waals surface area contributed by atoms with E-state index in [1.807, 2.05) is 35.1 Å². The van der Waals surface area contributed by atoms with Gasteiger partial charge in [0.1, 0.15) is 0 Å². The van der Waals surface area contributed by atoms with E-state index in [0.717, 1.165) is 48.0 Å². The van der Waals surface area contributed by atoms with E-state index in [4.69, 9.17) is 0 Å². The first kappa shape index (κ1) is 18.4. The molecule has 7 heteroatoms. The topological polar surface area (TPSA) is 46.0 Å². The van der Waals surface area contributed by atoms with Crippen LogP contribution in [-0.4, -0.2) is 46.6 Å². The van der Waals surface area contributed by atoms with Crippen LogP contribution < -0.4 is 5.32 Å². The van der Waals surface area contributed by atoms with Crippen LogP contribution in [0.15, 0.2) is 34.9 Å². The molecule has 0 bridgehead atoms. The Morgan fingerprint density at radius 1 is 1.35 bits per heavy atom. The third kappa shape index (κ3) is 5.28. The fourth-order valence-electron chi connectivity index (χ4n) is 2.96. The van der Waals surface area contributed by atoms with Gasteiger partial charge in [0, 0.05) is 17.6 Å². The van der Waals surface area contributed by atoms with Crippen LogP contribution in [-0.2, 0) is 6.54 Å². The summed E-state index contributed by atoms with van der Waals surface area (Å²) < 4.78 is 2.88. The van der Waals surface area contributed by atoms with E-state index in [2.05, 4.69) is 43.5 Å². The number of aromatic nitrogens is 3. The van der Waals surface area contributed by atoms with Crippen LogP contribution in [0, 0.1) is 5.92 Å². The number of nitrogens with zero attached hydrogens (tertiary/aromatic N) is 4. The number of piperidine rings is 1. The van der Waals surface area contributed by atoms with Gasteiger partial charge in [0.15, 0.2) is 0 Å². The third-order valence-electron chi connectivity index (χ3n) is 4.07. The van der Waals surface area contributed by atoms with Crippen molar-refractivity contribution in [3.8, 4) is 5.69 Å². The molecule has 1 aliphatic rings. The zero-order valence-electron chi connectivity index (χ0n) is 13.3. The predicted molar refractivity (Wildman–Crippen MR) is 98.2 cm³/mol. The van der Waals surface area contributed by atoms with Crippen LogP contribution in [0.5, 0.6) is 0 Å². The minimum absolute atomic E-state index is 0. The molecule has 0 atom stereocenters. The molecule has 5 nitrogen and oxygen atoms in total. The lowest BCUT2D eigenvalue weighted by Gasteiger charge is -2.26. The van der Waals surface area contributed by atoms with Crippen molar-refractivity contribution < 1.29 is 0 Å². The largest absolute Gasteiger partial charge is 0.317 e. The lowest BCUT2D eigenvalue weighted by molar-refractivity contribution is 0.232. The summed E-state index contributed by atoms with van der Waals surface area (Å²) in [4.78, 5) is 2.35. The molecular weight excluding hydrogens is 378 g/mol. The molecule has 3 rings (SSSR count). The number of hydrogen-bond donors (Lipinski definition) is 1. The summed E-state index contributed by atoms with van der Waals surface area (Å²) in [7, 11) is 2.17. The van der Waals surface area contributed by atoms with Crippen LogP contribution in [0.3, 0.4) is 0 Å². The SMILES string of the molecule is CN(Cc1cn(-c2cccc(Br)c2)nn1)CC1CCNCC1.Cl. The van der Waals surface area contributed by atoms with Crippen LogP contribution in [0.1, 0.15) is 18.5 Å². The Hall–Kier alpha value is -0.950. The van der Waals surface area contributed by atoms with E-state index in [1.165, 1.54) is 12.8 Å². The van der Waals surface area contributed by atoms with Gasteiger partial charge in [-0.1, -0.05) is 27.2 Å². The molecule has 0 amide bonds. The van der Waals surface area contributed by atoms with Gasteiger partial charge in [0.2, 0.25) is 0 Å². The van der Waals surface area contributed by atoms with Crippen molar-refractivity contribution in [3.05, 3.63) is 40.6 Å². The van der Waals surface area contributed by atoms with E-state index in [9.17, 15) is 0 Å². The molecule has 2 heterocycles. The van der Waals surface area contributed by atoms with Crippen LogP contribution in [0.4, 0.5) is 0 Å². The molecule has 2 aromatic rings. The second-order valence-corrected chi connectivity index (χ2v) is 6.94. The Morgan fingerprint density at radius 3 is 2.87 bits per heavy atom. The van der Waals surface area contributed by atoms with Crippen molar-refractivity contribution in [2.75, 3.05) is 26.7 Å². The van der Waals surface area contributed by atoms with Crippen molar-refractivity contribution in [1.82, 2.24) is 25.2 Å². The highest BCUT2D eigenvalue weighted by molar-refractivity contribution is 9.10. The van der Waals surface area contributed by atoms with Gasteiger partial charge in [0.25, 0.3) is 0 Å². The number of hydrogen-bond acceptors (Lipinski definition) is 4. The summed E-state index contributed by atoms with van der Waals surface area (Å²) in [5.41, 5.74) is 2.03. The maximum atomic E-state index is 4.30. The van der Waals surface area contributed by atoms with Crippen LogP contribution in [0.2, 0.25) is 0 Å².